The second-order valence-electron chi connectivity index (χ2n) is 11.8. The van der Waals surface area contributed by atoms with E-state index >= 15 is 0 Å². The number of oxime groups is 1. The molecule has 16 heteroatoms. The molecular weight excluding hydrogens is 558 g/mol. The van der Waals surface area contributed by atoms with E-state index in [4.69, 9.17) is 20.0 Å². The fourth-order valence-electron chi connectivity index (χ4n) is 2.99. The van der Waals surface area contributed by atoms with E-state index in [1.807, 2.05) is 0 Å². The Morgan fingerprint density at radius 3 is 2.24 bits per heavy atom. The lowest BCUT2D eigenvalue weighted by atomic mass is 9.98. The van der Waals surface area contributed by atoms with Crippen LogP contribution in [0.1, 0.15) is 68.0 Å². The number of rotatable bonds is 10. The number of ether oxygens (including phenoxy) is 2. The van der Waals surface area contributed by atoms with Crippen molar-refractivity contribution in [1.29, 1.82) is 0 Å². The minimum Gasteiger partial charge on any atom is -0.457 e. The van der Waals surface area contributed by atoms with E-state index in [0.717, 1.165) is 11.3 Å². The van der Waals surface area contributed by atoms with E-state index in [1.165, 1.54) is 26.2 Å². The van der Waals surface area contributed by atoms with Crippen molar-refractivity contribution in [2.75, 3.05) is 11.9 Å². The maximum absolute atomic E-state index is 13.3. The number of anilines is 1. The first-order valence-electron chi connectivity index (χ1n) is 12.8. The molecule has 4 amide bonds. The SMILES string of the molecule is C[C@H](N)C(=O)NC[C@H]1NC(=O)[C@H]1NC(=O)/C(=N\OC(C)(C)C(=O)OC(C)(C)C)c1csc(NC(=O)OC(C)(C)C)n1. The second-order valence-corrected chi connectivity index (χ2v) is 12.7. The molecule has 41 heavy (non-hydrogen) atoms. The number of thiazole rings is 1. The molecule has 1 aliphatic rings. The van der Waals surface area contributed by atoms with Gasteiger partial charge in [-0.3, -0.25) is 19.7 Å². The van der Waals surface area contributed by atoms with Crippen molar-refractivity contribution in [1.82, 2.24) is 20.9 Å². The summed E-state index contributed by atoms with van der Waals surface area (Å²) >= 11 is 0.981. The highest BCUT2D eigenvalue weighted by Gasteiger charge is 2.42. The highest BCUT2D eigenvalue weighted by atomic mass is 32.1. The molecule has 0 unspecified atom stereocenters. The molecule has 1 fully saturated rings. The van der Waals surface area contributed by atoms with Crippen molar-refractivity contribution in [3.8, 4) is 0 Å². The molecule has 228 valence electrons. The molecule has 1 aromatic rings. The first-order chi connectivity index (χ1) is 18.7. The molecule has 0 aromatic carbocycles. The van der Waals surface area contributed by atoms with Gasteiger partial charge in [-0.05, 0) is 62.3 Å². The number of carbonyl (C=O) groups is 5. The topological polar surface area (TPSA) is 212 Å². The number of carbonyl (C=O) groups excluding carboxylic acids is 5. The van der Waals surface area contributed by atoms with Crippen LogP contribution in [-0.2, 0) is 33.5 Å². The largest absolute Gasteiger partial charge is 0.457 e. The Bertz CT molecular complexity index is 1200. The number of nitrogens with one attached hydrogen (secondary N) is 4. The zero-order chi connectivity index (χ0) is 31.3. The lowest BCUT2D eigenvalue weighted by Gasteiger charge is -2.37. The molecule has 0 spiro atoms. The van der Waals surface area contributed by atoms with Gasteiger partial charge in [0.2, 0.25) is 17.4 Å². The Labute approximate surface area is 242 Å². The van der Waals surface area contributed by atoms with Gasteiger partial charge in [-0.15, -0.1) is 11.3 Å². The Morgan fingerprint density at radius 2 is 1.71 bits per heavy atom. The van der Waals surface area contributed by atoms with Crippen LogP contribution >= 0.6 is 11.3 Å². The fraction of sp³-hybridized carbons (Fsp3) is 0.640. The Balaban J connectivity index is 2.29. The van der Waals surface area contributed by atoms with E-state index in [9.17, 15) is 24.0 Å². The standard InChI is InChI=1S/C25H39N7O8S/c1-12(26)17(33)27-10-13-15(18(34)28-13)30-19(35)16(32-40-25(8,9)20(36)38-23(2,3)4)14-11-41-21(29-14)31-22(37)39-24(5,6)7/h11-13,15H,10,26H2,1-9H3,(H,27,33)(H,28,34)(H,30,35)(H,29,31,37)/b32-16-/t12-,13+,15-/m0/s1. The van der Waals surface area contributed by atoms with Gasteiger partial charge in [0.25, 0.3) is 5.91 Å². The van der Waals surface area contributed by atoms with Crippen molar-refractivity contribution in [2.24, 2.45) is 10.9 Å². The molecule has 1 aliphatic heterocycles. The maximum atomic E-state index is 13.3. The summed E-state index contributed by atoms with van der Waals surface area (Å²) in [6.07, 6.45) is -0.758. The molecule has 1 aromatic heterocycles. The zero-order valence-electron chi connectivity index (χ0n) is 24.7. The van der Waals surface area contributed by atoms with Crippen LogP contribution in [0.25, 0.3) is 0 Å². The van der Waals surface area contributed by atoms with Crippen molar-refractivity contribution >= 4 is 52.0 Å². The van der Waals surface area contributed by atoms with Crippen molar-refractivity contribution in [3.63, 3.8) is 0 Å². The van der Waals surface area contributed by atoms with Gasteiger partial charge in [-0.25, -0.2) is 14.6 Å². The first-order valence-corrected chi connectivity index (χ1v) is 13.7. The molecule has 3 atom stereocenters. The van der Waals surface area contributed by atoms with Crippen LogP contribution in [0.5, 0.6) is 0 Å². The average molecular weight is 598 g/mol. The molecule has 15 nitrogen and oxygen atoms in total. The summed E-state index contributed by atoms with van der Waals surface area (Å²) in [5.41, 5.74) is 1.99. The number of aromatic nitrogens is 1. The van der Waals surface area contributed by atoms with Gasteiger partial charge in [-0.1, -0.05) is 5.16 Å². The lowest BCUT2D eigenvalue weighted by molar-refractivity contribution is -0.179. The van der Waals surface area contributed by atoms with Gasteiger partial charge in [0.1, 0.15) is 22.9 Å². The Hall–Kier alpha value is -3.79. The van der Waals surface area contributed by atoms with Gasteiger partial charge < -0.3 is 36.0 Å². The van der Waals surface area contributed by atoms with Gasteiger partial charge in [0, 0.05) is 11.9 Å². The second kappa shape index (κ2) is 12.8. The van der Waals surface area contributed by atoms with Crippen molar-refractivity contribution in [2.45, 2.75) is 97.2 Å². The highest BCUT2D eigenvalue weighted by Crippen LogP contribution is 2.21. The third-order valence-electron chi connectivity index (χ3n) is 5.03. The van der Waals surface area contributed by atoms with Crippen molar-refractivity contribution < 1.29 is 38.3 Å². The Morgan fingerprint density at radius 1 is 1.10 bits per heavy atom. The number of β-lactam (4-membered cyclic amide) rings is 1. The smallest absolute Gasteiger partial charge is 0.413 e. The van der Waals surface area contributed by atoms with Crippen LogP contribution in [0.2, 0.25) is 0 Å². The predicted octanol–water partition coefficient (Wildman–Crippen LogP) is 0.778. The molecule has 0 radical (unpaired) electrons. The molecule has 2 rings (SSSR count). The van der Waals surface area contributed by atoms with Crippen LogP contribution in [-0.4, -0.2) is 82.0 Å². The lowest BCUT2D eigenvalue weighted by Crippen LogP contribution is -2.72. The van der Waals surface area contributed by atoms with E-state index in [0.29, 0.717) is 0 Å². The summed E-state index contributed by atoms with van der Waals surface area (Å²) in [5, 5.41) is 15.6. The summed E-state index contributed by atoms with van der Waals surface area (Å²) < 4.78 is 10.6. The molecule has 0 bridgehead atoms. The zero-order valence-corrected chi connectivity index (χ0v) is 25.5. The van der Waals surface area contributed by atoms with E-state index < -0.39 is 64.7 Å². The van der Waals surface area contributed by atoms with Crippen LogP contribution in [0.3, 0.4) is 0 Å². The minimum absolute atomic E-state index is 0.0138. The number of nitrogens with two attached hydrogens (primary N) is 1. The van der Waals surface area contributed by atoms with Gasteiger partial charge in [-0.2, -0.15) is 0 Å². The third kappa shape index (κ3) is 10.3. The maximum Gasteiger partial charge on any atom is 0.413 e. The molecule has 6 N–H and O–H groups in total. The van der Waals surface area contributed by atoms with Crippen LogP contribution in [0, 0.1) is 0 Å². The Kier molecular flexibility index (Phi) is 10.4. The number of hydrogen-bond donors (Lipinski definition) is 5. The number of hydrogen-bond acceptors (Lipinski definition) is 12. The summed E-state index contributed by atoms with van der Waals surface area (Å²) in [4.78, 5) is 71.9. The summed E-state index contributed by atoms with van der Waals surface area (Å²) in [6, 6.07) is -2.39. The van der Waals surface area contributed by atoms with Gasteiger partial charge in [0.15, 0.2) is 10.8 Å². The van der Waals surface area contributed by atoms with E-state index in [2.05, 4.69) is 31.4 Å². The van der Waals surface area contributed by atoms with Crippen LogP contribution in [0.15, 0.2) is 10.5 Å². The number of amides is 4. The summed E-state index contributed by atoms with van der Waals surface area (Å²) in [5.74, 6) is -2.51. The summed E-state index contributed by atoms with van der Waals surface area (Å²) in [7, 11) is 0. The summed E-state index contributed by atoms with van der Waals surface area (Å²) in [6.45, 7) is 14.5. The monoisotopic (exact) mass is 597 g/mol. The molecule has 1 saturated heterocycles. The van der Waals surface area contributed by atoms with Gasteiger partial charge >= 0.3 is 12.1 Å². The number of esters is 1. The molecule has 2 heterocycles. The highest BCUT2D eigenvalue weighted by molar-refractivity contribution is 7.14. The van der Waals surface area contributed by atoms with Gasteiger partial charge in [0.05, 0.1) is 12.1 Å². The quantitative estimate of drug-likeness (QED) is 0.111. The predicted molar refractivity (Wildman–Crippen MR) is 150 cm³/mol. The van der Waals surface area contributed by atoms with E-state index in [1.54, 1.807) is 41.5 Å². The molecule has 0 aliphatic carbocycles. The molecular formula is C25H39N7O8S. The van der Waals surface area contributed by atoms with E-state index in [-0.39, 0.29) is 23.1 Å². The first kappa shape index (κ1) is 33.4. The fourth-order valence-corrected chi connectivity index (χ4v) is 3.67. The third-order valence-corrected chi connectivity index (χ3v) is 5.79. The van der Waals surface area contributed by atoms with Crippen LogP contribution < -0.4 is 27.0 Å². The average Bonchev–Trinajstić information content (AvgIpc) is 3.25. The normalized spacial score (nSPS) is 18.3. The van der Waals surface area contributed by atoms with Crippen LogP contribution in [0.4, 0.5) is 9.93 Å². The van der Waals surface area contributed by atoms with Crippen molar-refractivity contribution in [3.05, 3.63) is 11.1 Å². The molecule has 0 saturated carbocycles. The number of nitrogens with zero attached hydrogens (tertiary/aromatic N) is 2. The minimum atomic E-state index is -1.61.